The monoisotopic (exact) mass is 626 g/mol. The molecule has 1 aliphatic rings. The van der Waals surface area contributed by atoms with E-state index in [1.54, 1.807) is 24.3 Å². The number of carbonyl (C=O) groups excluding carboxylic acids is 1. The maximum absolute atomic E-state index is 13.2. The zero-order chi connectivity index (χ0) is 25.7. The molecule has 3 heterocycles. The van der Waals surface area contributed by atoms with Crippen molar-refractivity contribution in [3.05, 3.63) is 91.4 Å². The Labute approximate surface area is 230 Å². The number of benzene rings is 1. The van der Waals surface area contributed by atoms with E-state index in [2.05, 4.69) is 39.7 Å². The topological polar surface area (TPSA) is 122 Å². The molecule has 0 radical (unpaired) electrons. The maximum atomic E-state index is 13.2. The van der Waals surface area contributed by atoms with Crippen molar-refractivity contribution in [3.63, 3.8) is 0 Å². The molecule has 0 amide bonds. The SMILES string of the molecule is CCOC(=O)C1=C(CSc2nc(-c3cccs3)ccc2C#N)OC(N)=C(C#N)C1c1ccccc1I. The highest BCUT2D eigenvalue weighted by Crippen LogP contribution is 2.42. The molecule has 0 bridgehead atoms. The predicted molar refractivity (Wildman–Crippen MR) is 146 cm³/mol. The molecule has 0 saturated carbocycles. The lowest BCUT2D eigenvalue weighted by Gasteiger charge is -2.28. The molecule has 0 saturated heterocycles. The van der Waals surface area contributed by atoms with Crippen LogP contribution in [0.3, 0.4) is 0 Å². The van der Waals surface area contributed by atoms with Crippen LogP contribution >= 0.6 is 45.7 Å². The molecule has 10 heteroatoms. The highest BCUT2D eigenvalue weighted by molar-refractivity contribution is 14.1. The standard InChI is InChI=1S/C26H19IN4O3S2/c1-2-33-26(32)23-20(34-24(30)17(13-29)22(23)16-6-3-4-7-18(16)27)14-36-25-15(12-28)9-10-19(31-25)21-8-5-11-35-21/h3-11,22H,2,14,30H2,1H3. The van der Waals surface area contributed by atoms with Crippen LogP contribution in [0.4, 0.5) is 0 Å². The summed E-state index contributed by atoms with van der Waals surface area (Å²) in [6.07, 6.45) is 0. The molecular formula is C26H19IN4O3S2. The summed E-state index contributed by atoms with van der Waals surface area (Å²) in [4.78, 5) is 18.9. The zero-order valence-electron chi connectivity index (χ0n) is 19.0. The Morgan fingerprint density at radius 3 is 2.69 bits per heavy atom. The lowest BCUT2D eigenvalue weighted by Crippen LogP contribution is -2.27. The number of aromatic nitrogens is 1. The van der Waals surface area contributed by atoms with Crippen LogP contribution in [0, 0.1) is 26.2 Å². The highest BCUT2D eigenvalue weighted by atomic mass is 127. The molecule has 4 rings (SSSR count). The van der Waals surface area contributed by atoms with Crippen LogP contribution in [0.5, 0.6) is 0 Å². The molecule has 1 aromatic carbocycles. The van der Waals surface area contributed by atoms with Gasteiger partial charge in [0.15, 0.2) is 0 Å². The summed E-state index contributed by atoms with van der Waals surface area (Å²) >= 11 is 4.98. The molecule has 7 nitrogen and oxygen atoms in total. The minimum Gasteiger partial charge on any atom is -0.463 e. The Bertz CT molecular complexity index is 1450. The van der Waals surface area contributed by atoms with Crippen molar-refractivity contribution in [2.75, 3.05) is 12.4 Å². The molecular weight excluding hydrogens is 607 g/mol. The van der Waals surface area contributed by atoms with E-state index in [1.807, 2.05) is 47.8 Å². The molecule has 2 N–H and O–H groups in total. The Kier molecular flexibility index (Phi) is 8.31. The van der Waals surface area contributed by atoms with Crippen LogP contribution in [-0.2, 0) is 14.3 Å². The van der Waals surface area contributed by atoms with Gasteiger partial charge in [-0.25, -0.2) is 9.78 Å². The second kappa shape index (κ2) is 11.6. The molecule has 0 spiro atoms. The van der Waals surface area contributed by atoms with Gasteiger partial charge in [-0.1, -0.05) is 36.0 Å². The van der Waals surface area contributed by atoms with Crippen LogP contribution in [0.25, 0.3) is 10.6 Å². The molecule has 0 aliphatic carbocycles. The van der Waals surface area contributed by atoms with Gasteiger partial charge in [-0.3, -0.25) is 0 Å². The van der Waals surface area contributed by atoms with Crippen molar-refractivity contribution < 1.29 is 14.3 Å². The number of halogens is 1. The van der Waals surface area contributed by atoms with Crippen LogP contribution in [0.15, 0.2) is 81.7 Å². The molecule has 1 aliphatic heterocycles. The van der Waals surface area contributed by atoms with E-state index < -0.39 is 11.9 Å². The smallest absolute Gasteiger partial charge is 0.338 e. The number of rotatable bonds is 7. The minimum absolute atomic E-state index is 0.0633. The summed E-state index contributed by atoms with van der Waals surface area (Å²) in [6.45, 7) is 1.87. The van der Waals surface area contributed by atoms with Crippen molar-refractivity contribution in [3.8, 4) is 22.7 Å². The normalized spacial score (nSPS) is 15.2. The van der Waals surface area contributed by atoms with Crippen molar-refractivity contribution in [2.24, 2.45) is 5.73 Å². The summed E-state index contributed by atoms with van der Waals surface area (Å²) in [5.41, 5.74) is 8.45. The molecule has 1 atom stereocenters. The summed E-state index contributed by atoms with van der Waals surface area (Å²) in [6, 6.07) is 19.2. The van der Waals surface area contributed by atoms with Crippen molar-refractivity contribution in [2.45, 2.75) is 17.9 Å². The third-order valence-electron chi connectivity index (χ3n) is 5.30. The molecule has 1 unspecified atom stereocenters. The van der Waals surface area contributed by atoms with Crippen molar-refractivity contribution in [1.29, 1.82) is 10.5 Å². The summed E-state index contributed by atoms with van der Waals surface area (Å²) in [5.74, 6) is -0.965. The van der Waals surface area contributed by atoms with E-state index in [1.165, 1.54) is 11.8 Å². The largest absolute Gasteiger partial charge is 0.463 e. The fourth-order valence-corrected chi connectivity index (χ4v) is 6.02. The van der Waals surface area contributed by atoms with E-state index in [4.69, 9.17) is 15.2 Å². The Morgan fingerprint density at radius 1 is 1.22 bits per heavy atom. The number of hydrogen-bond donors (Lipinski definition) is 1. The van der Waals surface area contributed by atoms with Gasteiger partial charge < -0.3 is 15.2 Å². The molecule has 180 valence electrons. The molecule has 36 heavy (non-hydrogen) atoms. The average Bonchev–Trinajstić information content (AvgIpc) is 3.42. The zero-order valence-corrected chi connectivity index (χ0v) is 22.8. The number of hydrogen-bond acceptors (Lipinski definition) is 9. The van der Waals surface area contributed by atoms with Crippen LogP contribution in [-0.4, -0.2) is 23.3 Å². The summed E-state index contributed by atoms with van der Waals surface area (Å²) in [7, 11) is 0. The van der Waals surface area contributed by atoms with Gasteiger partial charge >= 0.3 is 5.97 Å². The average molecular weight is 627 g/mol. The van der Waals surface area contributed by atoms with Gasteiger partial charge in [0.1, 0.15) is 28.5 Å². The molecule has 3 aromatic rings. The van der Waals surface area contributed by atoms with Gasteiger partial charge in [-0.05, 0) is 64.7 Å². The first-order valence-electron chi connectivity index (χ1n) is 10.8. The van der Waals surface area contributed by atoms with Gasteiger partial charge in [0.05, 0.1) is 40.0 Å². The fraction of sp³-hybridized carbons (Fsp3) is 0.154. The fourth-order valence-electron chi connectivity index (χ4n) is 3.71. The highest BCUT2D eigenvalue weighted by Gasteiger charge is 2.38. The van der Waals surface area contributed by atoms with Gasteiger partial charge in [0.25, 0.3) is 0 Å². The second-order valence-corrected chi connectivity index (χ2v) is 10.5. The first-order valence-corrected chi connectivity index (χ1v) is 13.7. The summed E-state index contributed by atoms with van der Waals surface area (Å²) < 4.78 is 12.1. The minimum atomic E-state index is -0.743. The third-order valence-corrected chi connectivity index (χ3v) is 8.17. The predicted octanol–water partition coefficient (Wildman–Crippen LogP) is 5.70. The first kappa shape index (κ1) is 25.8. The van der Waals surface area contributed by atoms with Crippen molar-refractivity contribution in [1.82, 2.24) is 4.98 Å². The maximum Gasteiger partial charge on any atom is 0.338 e. The summed E-state index contributed by atoms with van der Waals surface area (Å²) in [5, 5.41) is 22.0. The number of allylic oxidation sites excluding steroid dienone is 1. The Hall–Kier alpha value is -3.32. The Balaban J connectivity index is 1.78. The van der Waals surface area contributed by atoms with E-state index in [-0.39, 0.29) is 35.1 Å². The van der Waals surface area contributed by atoms with Crippen LogP contribution in [0.1, 0.15) is 24.0 Å². The number of nitrogens with zero attached hydrogens (tertiary/aromatic N) is 3. The molecule has 0 fully saturated rings. The molecule has 2 aromatic heterocycles. The number of ether oxygens (including phenoxy) is 2. The Morgan fingerprint density at radius 2 is 2.03 bits per heavy atom. The number of esters is 1. The second-order valence-electron chi connectivity index (χ2n) is 7.43. The van der Waals surface area contributed by atoms with Crippen molar-refractivity contribution >= 4 is 51.7 Å². The number of thioether (sulfide) groups is 1. The van der Waals surface area contributed by atoms with Crippen LogP contribution in [0.2, 0.25) is 0 Å². The number of carbonyl (C=O) groups is 1. The number of nitriles is 2. The van der Waals surface area contributed by atoms with Gasteiger partial charge in [-0.15, -0.1) is 11.3 Å². The van der Waals surface area contributed by atoms with Crippen LogP contribution < -0.4 is 5.73 Å². The van der Waals surface area contributed by atoms with E-state index in [0.29, 0.717) is 10.6 Å². The van der Waals surface area contributed by atoms with Gasteiger partial charge in [0, 0.05) is 3.57 Å². The van der Waals surface area contributed by atoms with E-state index in [0.717, 1.165) is 19.7 Å². The lowest BCUT2D eigenvalue weighted by atomic mass is 9.83. The number of thiophene rings is 1. The quantitative estimate of drug-likeness (QED) is 0.201. The number of pyridine rings is 1. The lowest BCUT2D eigenvalue weighted by molar-refractivity contribution is -0.139. The van der Waals surface area contributed by atoms with Gasteiger partial charge in [-0.2, -0.15) is 10.5 Å². The number of nitrogens with two attached hydrogens (primary N) is 1. The first-order chi connectivity index (χ1) is 17.5. The van der Waals surface area contributed by atoms with Gasteiger partial charge in [0.2, 0.25) is 5.88 Å². The third kappa shape index (κ3) is 5.26. The van der Waals surface area contributed by atoms with E-state index >= 15 is 0 Å². The van der Waals surface area contributed by atoms with E-state index in [9.17, 15) is 15.3 Å².